The third-order valence-electron chi connectivity index (χ3n) is 7.60. The fourth-order valence-electron chi connectivity index (χ4n) is 5.24. The molecule has 0 bridgehead atoms. The number of benzene rings is 3. The lowest BCUT2D eigenvalue weighted by Crippen LogP contribution is -2.36. The van der Waals surface area contributed by atoms with Crippen LogP contribution in [0.5, 0.6) is 5.75 Å². The van der Waals surface area contributed by atoms with Crippen molar-refractivity contribution in [2.75, 3.05) is 45.2 Å². The standard InChI is InChI=1S/C32H36N2O6S/c1-34(29-13-16-39-17-14-29)21-23-3-8-28(9-4-23)33-32(35)26-15-18-41(36,37)31-12-7-25(19-27(31)20-26)24-5-10-30(11-6-24)40-22-38-2/h3-12,19-20,29H,13-18,21-22H2,1-2H3,(H,33,35). The molecule has 1 saturated heterocycles. The summed E-state index contributed by atoms with van der Waals surface area (Å²) in [6, 6.07) is 21.1. The first-order valence-corrected chi connectivity index (χ1v) is 15.5. The summed E-state index contributed by atoms with van der Waals surface area (Å²) >= 11 is 0. The number of carbonyl (C=O) groups is 1. The van der Waals surface area contributed by atoms with Gasteiger partial charge in [-0.2, -0.15) is 0 Å². The van der Waals surface area contributed by atoms with Crippen molar-refractivity contribution < 1.29 is 27.4 Å². The summed E-state index contributed by atoms with van der Waals surface area (Å²) in [4.78, 5) is 15.9. The van der Waals surface area contributed by atoms with Crippen LogP contribution in [0.2, 0.25) is 0 Å². The van der Waals surface area contributed by atoms with Crippen LogP contribution in [-0.4, -0.2) is 65.2 Å². The molecule has 0 saturated carbocycles. The van der Waals surface area contributed by atoms with Gasteiger partial charge in [-0.1, -0.05) is 30.3 Å². The van der Waals surface area contributed by atoms with Gasteiger partial charge in [0.25, 0.3) is 5.91 Å². The molecule has 9 heteroatoms. The van der Waals surface area contributed by atoms with Crippen molar-refractivity contribution >= 4 is 27.5 Å². The molecule has 0 radical (unpaired) electrons. The summed E-state index contributed by atoms with van der Waals surface area (Å²) in [5, 5.41) is 2.95. The Morgan fingerprint density at radius 1 is 1.00 bits per heavy atom. The van der Waals surface area contributed by atoms with Crippen LogP contribution in [0.4, 0.5) is 5.69 Å². The van der Waals surface area contributed by atoms with Gasteiger partial charge in [-0.05, 0) is 91.0 Å². The number of nitrogens with one attached hydrogen (secondary N) is 1. The summed E-state index contributed by atoms with van der Waals surface area (Å²) in [5.74, 6) is 0.248. The number of sulfone groups is 1. The van der Waals surface area contributed by atoms with E-state index < -0.39 is 9.84 Å². The summed E-state index contributed by atoms with van der Waals surface area (Å²) in [5.41, 5.74) is 4.52. The van der Waals surface area contributed by atoms with Crippen molar-refractivity contribution in [1.82, 2.24) is 4.90 Å². The topological polar surface area (TPSA) is 94.2 Å². The summed E-state index contributed by atoms with van der Waals surface area (Å²) < 4.78 is 42.0. The molecular formula is C32H36N2O6S. The van der Waals surface area contributed by atoms with E-state index in [0.29, 0.717) is 28.6 Å². The molecule has 0 atom stereocenters. The fourth-order valence-corrected chi connectivity index (χ4v) is 6.70. The van der Waals surface area contributed by atoms with E-state index in [1.54, 1.807) is 25.3 Å². The third kappa shape index (κ3) is 7.23. The Hall–Kier alpha value is -3.50. The summed E-state index contributed by atoms with van der Waals surface area (Å²) in [7, 11) is 0.154. The molecule has 0 unspecified atom stereocenters. The minimum Gasteiger partial charge on any atom is -0.468 e. The number of rotatable bonds is 9. The van der Waals surface area contributed by atoms with Crippen LogP contribution in [0.1, 0.15) is 30.4 Å². The number of hydrogen-bond acceptors (Lipinski definition) is 7. The molecule has 0 spiro atoms. The maximum atomic E-state index is 13.3. The molecule has 8 nitrogen and oxygen atoms in total. The molecule has 2 aliphatic heterocycles. The number of anilines is 1. The van der Waals surface area contributed by atoms with Crippen molar-refractivity contribution in [3.05, 3.63) is 83.4 Å². The van der Waals surface area contributed by atoms with Crippen LogP contribution in [0.3, 0.4) is 0 Å². The normalized spacial score (nSPS) is 16.9. The average Bonchev–Trinajstić information content (AvgIpc) is 3.13. The minimum absolute atomic E-state index is 0.123. The van der Waals surface area contributed by atoms with Crippen molar-refractivity contribution in [2.45, 2.75) is 36.7 Å². The molecule has 0 aromatic heterocycles. The highest BCUT2D eigenvalue weighted by Gasteiger charge is 2.25. The second-order valence-electron chi connectivity index (χ2n) is 10.5. The lowest BCUT2D eigenvalue weighted by molar-refractivity contribution is -0.112. The SMILES string of the molecule is COCOc1ccc(-c2ccc3c(c2)C=C(C(=O)Nc2ccc(CN(C)C4CCOCC4)cc2)CCS3(=O)=O)cc1. The fraction of sp³-hybridized carbons (Fsp3) is 0.344. The quantitative estimate of drug-likeness (QED) is 0.352. The van der Waals surface area contributed by atoms with Crippen LogP contribution < -0.4 is 10.1 Å². The number of methoxy groups -OCH3 is 1. The first-order chi connectivity index (χ1) is 19.8. The molecule has 216 valence electrons. The van der Waals surface area contributed by atoms with Crippen molar-refractivity contribution in [2.24, 2.45) is 0 Å². The summed E-state index contributed by atoms with van der Waals surface area (Å²) in [6.07, 6.45) is 3.91. The van der Waals surface area contributed by atoms with Crippen LogP contribution in [0.15, 0.2) is 77.2 Å². The lowest BCUT2D eigenvalue weighted by Gasteiger charge is -2.31. The van der Waals surface area contributed by atoms with Crippen LogP contribution in [0.25, 0.3) is 17.2 Å². The Labute approximate surface area is 241 Å². The van der Waals surface area contributed by atoms with Crippen molar-refractivity contribution in [3.63, 3.8) is 0 Å². The highest BCUT2D eigenvalue weighted by Crippen LogP contribution is 2.32. The van der Waals surface area contributed by atoms with Gasteiger partial charge in [-0.15, -0.1) is 0 Å². The van der Waals surface area contributed by atoms with E-state index in [2.05, 4.69) is 17.3 Å². The zero-order valence-electron chi connectivity index (χ0n) is 23.5. The molecule has 5 rings (SSSR count). The monoisotopic (exact) mass is 576 g/mol. The molecule has 2 aliphatic rings. The minimum atomic E-state index is -3.54. The van der Waals surface area contributed by atoms with Crippen molar-refractivity contribution in [3.8, 4) is 16.9 Å². The van der Waals surface area contributed by atoms with Crippen LogP contribution in [-0.2, 0) is 30.7 Å². The molecule has 0 aliphatic carbocycles. The summed E-state index contributed by atoms with van der Waals surface area (Å²) in [6.45, 7) is 2.59. The van der Waals surface area contributed by atoms with E-state index in [1.165, 1.54) is 0 Å². The van der Waals surface area contributed by atoms with Gasteiger partial charge in [0.05, 0.1) is 10.6 Å². The van der Waals surface area contributed by atoms with Gasteiger partial charge >= 0.3 is 0 Å². The molecule has 41 heavy (non-hydrogen) atoms. The van der Waals surface area contributed by atoms with Gasteiger partial charge < -0.3 is 19.5 Å². The largest absolute Gasteiger partial charge is 0.468 e. The number of amides is 1. The second kappa shape index (κ2) is 13.0. The Morgan fingerprint density at radius 2 is 1.71 bits per heavy atom. The van der Waals surface area contributed by atoms with E-state index in [1.807, 2.05) is 54.6 Å². The number of nitrogens with zero attached hydrogens (tertiary/aromatic N) is 1. The van der Waals surface area contributed by atoms with Crippen molar-refractivity contribution in [1.29, 1.82) is 0 Å². The predicted octanol–water partition coefficient (Wildman–Crippen LogP) is 5.15. The maximum Gasteiger partial charge on any atom is 0.251 e. The van der Waals surface area contributed by atoms with E-state index in [9.17, 15) is 13.2 Å². The zero-order valence-corrected chi connectivity index (χ0v) is 24.3. The molecular weight excluding hydrogens is 540 g/mol. The predicted molar refractivity (Wildman–Crippen MR) is 159 cm³/mol. The molecule has 3 aromatic rings. The van der Waals surface area contributed by atoms with Gasteiger partial charge in [0, 0.05) is 44.2 Å². The molecule has 1 N–H and O–H groups in total. The van der Waals surface area contributed by atoms with Gasteiger partial charge in [-0.3, -0.25) is 9.69 Å². The highest BCUT2D eigenvalue weighted by molar-refractivity contribution is 7.91. The van der Waals surface area contributed by atoms with E-state index in [4.69, 9.17) is 14.2 Å². The van der Waals surface area contributed by atoms with Crippen LogP contribution in [0, 0.1) is 0 Å². The Kier molecular flexibility index (Phi) is 9.19. The second-order valence-corrected chi connectivity index (χ2v) is 12.6. The smallest absolute Gasteiger partial charge is 0.251 e. The van der Waals surface area contributed by atoms with E-state index in [-0.39, 0.29) is 29.8 Å². The Balaban J connectivity index is 1.30. The number of ether oxygens (including phenoxy) is 3. The molecule has 1 fully saturated rings. The van der Waals surface area contributed by atoms with Gasteiger partial charge in [0.2, 0.25) is 0 Å². The van der Waals surface area contributed by atoms with E-state index >= 15 is 0 Å². The molecule has 3 aromatic carbocycles. The first kappa shape index (κ1) is 29.0. The third-order valence-corrected chi connectivity index (χ3v) is 9.38. The number of carbonyl (C=O) groups excluding carboxylic acids is 1. The maximum absolute atomic E-state index is 13.3. The van der Waals surface area contributed by atoms with Gasteiger partial charge in [0.15, 0.2) is 16.6 Å². The zero-order chi connectivity index (χ0) is 28.8. The Bertz CT molecular complexity index is 1490. The first-order valence-electron chi connectivity index (χ1n) is 13.8. The lowest BCUT2D eigenvalue weighted by atomic mass is 10.0. The Morgan fingerprint density at radius 3 is 2.41 bits per heavy atom. The van der Waals surface area contributed by atoms with Crippen LogP contribution >= 0.6 is 0 Å². The number of hydrogen-bond donors (Lipinski definition) is 1. The molecule has 2 heterocycles. The van der Waals surface area contributed by atoms with E-state index in [0.717, 1.165) is 49.3 Å². The average molecular weight is 577 g/mol. The number of fused-ring (bicyclic) bond motifs is 1. The van der Waals surface area contributed by atoms with Gasteiger partial charge in [0.1, 0.15) is 5.75 Å². The highest BCUT2D eigenvalue weighted by atomic mass is 32.2. The van der Waals surface area contributed by atoms with Gasteiger partial charge in [-0.25, -0.2) is 8.42 Å². The molecule has 1 amide bonds.